The molecule has 0 amide bonds. The van der Waals surface area contributed by atoms with E-state index in [9.17, 15) is 0 Å². The zero-order chi connectivity index (χ0) is 13.9. The van der Waals surface area contributed by atoms with Crippen molar-refractivity contribution in [1.82, 2.24) is 10.2 Å². The van der Waals surface area contributed by atoms with E-state index in [1.807, 2.05) is 0 Å². The number of hydrogen-bond donors (Lipinski definition) is 1. The molecule has 0 spiro atoms. The van der Waals surface area contributed by atoms with E-state index in [1.54, 1.807) is 0 Å². The van der Waals surface area contributed by atoms with Crippen LogP contribution in [0.15, 0.2) is 24.3 Å². The normalized spacial score (nSPS) is 11.2. The minimum atomic E-state index is 1.07. The number of nitrogens with one attached hydrogen (secondary N) is 1. The number of rotatable bonds is 10. The molecule has 0 aliphatic heterocycles. The molecule has 1 aromatic carbocycles. The lowest BCUT2D eigenvalue weighted by Gasteiger charge is -2.18. The summed E-state index contributed by atoms with van der Waals surface area (Å²) in [6.07, 6.45) is 4.91. The van der Waals surface area contributed by atoms with Gasteiger partial charge in [0.25, 0.3) is 0 Å². The Bertz CT molecular complexity index is 336. The third kappa shape index (κ3) is 6.74. The van der Waals surface area contributed by atoms with Gasteiger partial charge < -0.3 is 10.2 Å². The molecule has 2 heteroatoms. The van der Waals surface area contributed by atoms with Gasteiger partial charge in [-0.1, -0.05) is 44.5 Å². The summed E-state index contributed by atoms with van der Waals surface area (Å²) in [6.45, 7) is 8.94. The van der Waals surface area contributed by atoms with Crippen LogP contribution in [0.5, 0.6) is 0 Å². The molecule has 0 aromatic heterocycles. The van der Waals surface area contributed by atoms with Crippen LogP contribution in [0, 0.1) is 0 Å². The van der Waals surface area contributed by atoms with Gasteiger partial charge in [-0.15, -0.1) is 0 Å². The molecule has 1 aromatic rings. The monoisotopic (exact) mass is 262 g/mol. The van der Waals surface area contributed by atoms with Gasteiger partial charge in [0.15, 0.2) is 0 Å². The first-order valence-electron chi connectivity index (χ1n) is 7.74. The molecule has 0 radical (unpaired) electrons. The van der Waals surface area contributed by atoms with E-state index in [1.165, 1.54) is 36.9 Å². The summed E-state index contributed by atoms with van der Waals surface area (Å²) in [4.78, 5) is 2.43. The van der Waals surface area contributed by atoms with Crippen LogP contribution in [0.2, 0.25) is 0 Å². The van der Waals surface area contributed by atoms with Crippen molar-refractivity contribution in [3.05, 3.63) is 35.4 Å². The Morgan fingerprint density at radius 2 is 1.74 bits per heavy atom. The molecule has 0 aliphatic carbocycles. The molecular formula is C17H30N2. The maximum Gasteiger partial charge on any atom is 0.0233 e. The van der Waals surface area contributed by atoms with Gasteiger partial charge >= 0.3 is 0 Å². The van der Waals surface area contributed by atoms with Crippen molar-refractivity contribution in [3.63, 3.8) is 0 Å². The minimum Gasteiger partial charge on any atom is -0.316 e. The first-order valence-corrected chi connectivity index (χ1v) is 7.74. The zero-order valence-corrected chi connectivity index (χ0v) is 12.9. The van der Waals surface area contributed by atoms with E-state index in [0.29, 0.717) is 0 Å². The highest BCUT2D eigenvalue weighted by molar-refractivity contribution is 5.27. The fraction of sp³-hybridized carbons (Fsp3) is 0.647. The Kier molecular flexibility index (Phi) is 8.52. The van der Waals surface area contributed by atoms with Crippen molar-refractivity contribution < 1.29 is 0 Å². The number of unbranched alkanes of at least 4 members (excludes halogenated alkanes) is 1. The standard InChI is InChI=1S/C17H30N2/c1-4-6-14-19(3)15-17-10-8-7-9-16(17)11-13-18-12-5-2/h7-10,18H,4-6,11-15H2,1-3H3. The van der Waals surface area contributed by atoms with Crippen molar-refractivity contribution in [2.24, 2.45) is 0 Å². The second-order valence-electron chi connectivity index (χ2n) is 5.36. The lowest BCUT2D eigenvalue weighted by atomic mass is 10.0. The summed E-state index contributed by atoms with van der Waals surface area (Å²) >= 11 is 0. The van der Waals surface area contributed by atoms with E-state index in [0.717, 1.165) is 26.1 Å². The first-order chi connectivity index (χ1) is 9.27. The molecular weight excluding hydrogens is 232 g/mol. The Morgan fingerprint density at radius 1 is 1.00 bits per heavy atom. The molecule has 1 N–H and O–H groups in total. The molecule has 0 aliphatic rings. The van der Waals surface area contributed by atoms with Crippen LogP contribution in [-0.2, 0) is 13.0 Å². The van der Waals surface area contributed by atoms with Crippen LogP contribution in [0.1, 0.15) is 44.2 Å². The second kappa shape index (κ2) is 9.99. The second-order valence-corrected chi connectivity index (χ2v) is 5.36. The maximum atomic E-state index is 3.48. The van der Waals surface area contributed by atoms with Gasteiger partial charge in [0.05, 0.1) is 0 Å². The number of nitrogens with zero attached hydrogens (tertiary/aromatic N) is 1. The molecule has 1 rings (SSSR count). The van der Waals surface area contributed by atoms with Crippen LogP contribution < -0.4 is 5.32 Å². The van der Waals surface area contributed by atoms with E-state index < -0.39 is 0 Å². The number of benzene rings is 1. The van der Waals surface area contributed by atoms with Gasteiger partial charge in [-0.2, -0.15) is 0 Å². The van der Waals surface area contributed by atoms with E-state index in [2.05, 4.69) is 55.4 Å². The van der Waals surface area contributed by atoms with Gasteiger partial charge in [0, 0.05) is 6.54 Å². The summed E-state index contributed by atoms with van der Waals surface area (Å²) in [6, 6.07) is 8.87. The first kappa shape index (κ1) is 16.2. The number of hydrogen-bond acceptors (Lipinski definition) is 2. The van der Waals surface area contributed by atoms with E-state index in [4.69, 9.17) is 0 Å². The lowest BCUT2D eigenvalue weighted by Crippen LogP contribution is -2.21. The molecule has 2 nitrogen and oxygen atoms in total. The molecule has 19 heavy (non-hydrogen) atoms. The van der Waals surface area contributed by atoms with Gasteiger partial charge in [0.1, 0.15) is 0 Å². The summed E-state index contributed by atoms with van der Waals surface area (Å²) < 4.78 is 0. The summed E-state index contributed by atoms with van der Waals surface area (Å²) in [5, 5.41) is 3.48. The predicted octanol–water partition coefficient (Wildman–Crippen LogP) is 3.46. The van der Waals surface area contributed by atoms with Gasteiger partial charge in [-0.25, -0.2) is 0 Å². The third-order valence-electron chi connectivity index (χ3n) is 3.45. The van der Waals surface area contributed by atoms with Crippen molar-refractivity contribution >= 4 is 0 Å². The summed E-state index contributed by atoms with van der Waals surface area (Å²) in [7, 11) is 2.22. The van der Waals surface area contributed by atoms with Crippen molar-refractivity contribution in [2.45, 2.75) is 46.1 Å². The van der Waals surface area contributed by atoms with E-state index >= 15 is 0 Å². The largest absolute Gasteiger partial charge is 0.316 e. The molecule has 108 valence electrons. The molecule has 0 heterocycles. The Hall–Kier alpha value is -0.860. The van der Waals surface area contributed by atoms with Crippen LogP contribution in [0.3, 0.4) is 0 Å². The van der Waals surface area contributed by atoms with Crippen molar-refractivity contribution in [3.8, 4) is 0 Å². The molecule has 0 saturated carbocycles. The average Bonchev–Trinajstić information content (AvgIpc) is 2.43. The van der Waals surface area contributed by atoms with Crippen LogP contribution in [-0.4, -0.2) is 31.6 Å². The highest BCUT2D eigenvalue weighted by atomic mass is 15.1. The summed E-state index contributed by atoms with van der Waals surface area (Å²) in [5.41, 5.74) is 2.98. The maximum absolute atomic E-state index is 3.48. The molecule has 0 fully saturated rings. The molecule has 0 unspecified atom stereocenters. The van der Waals surface area contributed by atoms with Gasteiger partial charge in [-0.3, -0.25) is 0 Å². The highest BCUT2D eigenvalue weighted by Gasteiger charge is 2.04. The highest BCUT2D eigenvalue weighted by Crippen LogP contribution is 2.12. The quantitative estimate of drug-likeness (QED) is 0.650. The lowest BCUT2D eigenvalue weighted by molar-refractivity contribution is 0.320. The molecule has 0 saturated heterocycles. The van der Waals surface area contributed by atoms with Gasteiger partial charge in [-0.05, 0) is 57.1 Å². The fourth-order valence-electron chi connectivity index (χ4n) is 2.28. The topological polar surface area (TPSA) is 15.3 Å². The van der Waals surface area contributed by atoms with Gasteiger partial charge in [0.2, 0.25) is 0 Å². The van der Waals surface area contributed by atoms with Crippen LogP contribution in [0.4, 0.5) is 0 Å². The fourth-order valence-corrected chi connectivity index (χ4v) is 2.28. The SMILES string of the molecule is CCCCN(C)Cc1ccccc1CCNCCC. The Morgan fingerprint density at radius 3 is 2.42 bits per heavy atom. The van der Waals surface area contributed by atoms with Crippen molar-refractivity contribution in [1.29, 1.82) is 0 Å². The average molecular weight is 262 g/mol. The Labute approximate surface area is 119 Å². The molecule has 0 atom stereocenters. The molecule has 0 bridgehead atoms. The Balaban J connectivity index is 2.47. The third-order valence-corrected chi connectivity index (χ3v) is 3.45. The van der Waals surface area contributed by atoms with Crippen molar-refractivity contribution in [2.75, 3.05) is 26.7 Å². The predicted molar refractivity (Wildman–Crippen MR) is 84.5 cm³/mol. The van der Waals surface area contributed by atoms with Crippen LogP contribution in [0.25, 0.3) is 0 Å². The van der Waals surface area contributed by atoms with E-state index in [-0.39, 0.29) is 0 Å². The summed E-state index contributed by atoms with van der Waals surface area (Å²) in [5.74, 6) is 0. The smallest absolute Gasteiger partial charge is 0.0233 e. The zero-order valence-electron chi connectivity index (χ0n) is 12.9. The van der Waals surface area contributed by atoms with Crippen LogP contribution >= 0.6 is 0 Å². The minimum absolute atomic E-state index is 1.07.